The Hall–Kier alpha value is -0.840. The molecule has 2 N–H and O–H groups in total. The molecule has 1 aliphatic heterocycles. The van der Waals surface area contributed by atoms with E-state index in [4.69, 9.17) is 23.8 Å². The molecule has 1 unspecified atom stereocenters. The minimum Gasteiger partial charge on any atom is -0.342 e. The molecule has 1 saturated heterocycles. The number of halogens is 1. The zero-order valence-electron chi connectivity index (χ0n) is 14.9. The molecule has 0 aromatic heterocycles. The molecule has 134 valence electrons. The fraction of sp³-hybridized carbons (Fsp3) is 0.632. The Kier molecular flexibility index (Phi) is 7.79. The summed E-state index contributed by atoms with van der Waals surface area (Å²) in [7, 11) is 0. The Bertz CT molecular complexity index is 520. The van der Waals surface area contributed by atoms with E-state index in [0.717, 1.165) is 35.1 Å². The number of rotatable bonds is 10. The third-order valence-corrected chi connectivity index (χ3v) is 5.13. The van der Waals surface area contributed by atoms with E-state index in [-0.39, 0.29) is 5.66 Å². The van der Waals surface area contributed by atoms with Crippen molar-refractivity contribution in [2.24, 2.45) is 0 Å². The number of unbranched alkanes of at least 4 members (excludes halogenated alkanes) is 5. The highest BCUT2D eigenvalue weighted by Crippen LogP contribution is 2.27. The largest absolute Gasteiger partial charge is 0.342 e. The van der Waals surface area contributed by atoms with E-state index in [2.05, 4.69) is 24.6 Å². The van der Waals surface area contributed by atoms with Crippen LogP contribution in [-0.4, -0.2) is 10.8 Å². The van der Waals surface area contributed by atoms with Crippen LogP contribution in [0.5, 0.6) is 0 Å². The van der Waals surface area contributed by atoms with Crippen molar-refractivity contribution in [1.29, 1.82) is 0 Å². The topological polar surface area (TPSA) is 27.3 Å². The fourth-order valence-corrected chi connectivity index (χ4v) is 3.79. The van der Waals surface area contributed by atoms with Crippen LogP contribution >= 0.6 is 23.8 Å². The van der Waals surface area contributed by atoms with Gasteiger partial charge in [0.2, 0.25) is 0 Å². The molecule has 24 heavy (non-hydrogen) atoms. The first-order chi connectivity index (χ1) is 11.6. The Labute approximate surface area is 157 Å². The molecule has 0 spiro atoms. The molecule has 1 aromatic carbocycles. The second-order valence-electron chi connectivity index (χ2n) is 6.70. The Morgan fingerprint density at radius 1 is 0.958 bits per heavy atom. The van der Waals surface area contributed by atoms with Crippen LogP contribution in [-0.2, 0) is 0 Å². The second kappa shape index (κ2) is 9.59. The fourth-order valence-electron chi connectivity index (χ4n) is 3.32. The van der Waals surface area contributed by atoms with Crippen molar-refractivity contribution in [3.8, 4) is 0 Å². The first kappa shape index (κ1) is 19.5. The number of hydrazine groups is 1. The summed E-state index contributed by atoms with van der Waals surface area (Å²) in [4.78, 5) is 0. The third kappa shape index (κ3) is 5.33. The normalized spacial score (nSPS) is 20.5. The molecule has 3 nitrogen and oxygen atoms in total. The van der Waals surface area contributed by atoms with E-state index in [1.165, 1.54) is 38.5 Å². The molecule has 1 aromatic rings. The van der Waals surface area contributed by atoms with E-state index < -0.39 is 0 Å². The predicted molar refractivity (Wildman–Crippen MR) is 108 cm³/mol. The highest BCUT2D eigenvalue weighted by molar-refractivity contribution is 7.80. The standard InChI is InChI=1S/C19H30ClN3S/c1-3-5-6-7-8-9-15-19(14-4-2)21-18(24)23(22-19)17-12-10-16(20)11-13-17/h10-13,22H,3-9,14-15H2,1-2H3,(H,21,24). The molecule has 2 rings (SSSR count). The number of hydrogen-bond acceptors (Lipinski definition) is 2. The quantitative estimate of drug-likeness (QED) is 0.404. The highest BCUT2D eigenvalue weighted by Gasteiger charge is 2.39. The van der Waals surface area contributed by atoms with Crippen molar-refractivity contribution in [1.82, 2.24) is 10.7 Å². The summed E-state index contributed by atoms with van der Waals surface area (Å²) in [6.07, 6.45) is 11.1. The van der Waals surface area contributed by atoms with E-state index in [9.17, 15) is 0 Å². The third-order valence-electron chi connectivity index (χ3n) is 4.59. The number of nitrogens with zero attached hydrogens (tertiary/aromatic N) is 1. The van der Waals surface area contributed by atoms with Gasteiger partial charge in [0.15, 0.2) is 5.11 Å². The van der Waals surface area contributed by atoms with E-state index >= 15 is 0 Å². The number of nitrogens with one attached hydrogen (secondary N) is 2. The Morgan fingerprint density at radius 3 is 2.29 bits per heavy atom. The first-order valence-electron chi connectivity index (χ1n) is 9.26. The molecule has 0 bridgehead atoms. The van der Waals surface area contributed by atoms with Crippen LogP contribution in [0.1, 0.15) is 71.6 Å². The molecule has 1 aliphatic rings. The van der Waals surface area contributed by atoms with Crippen molar-refractivity contribution >= 4 is 34.6 Å². The Balaban J connectivity index is 1.94. The SMILES string of the molecule is CCCCCCCCC1(CCC)NC(=S)N(c2ccc(Cl)cc2)N1. The maximum atomic E-state index is 5.99. The van der Waals surface area contributed by atoms with Gasteiger partial charge in [-0.1, -0.05) is 64.0 Å². The highest BCUT2D eigenvalue weighted by atomic mass is 35.5. The van der Waals surface area contributed by atoms with Gasteiger partial charge in [-0.15, -0.1) is 0 Å². The summed E-state index contributed by atoms with van der Waals surface area (Å²) in [5, 5.41) is 7.02. The minimum absolute atomic E-state index is 0.115. The van der Waals surface area contributed by atoms with Crippen molar-refractivity contribution in [2.45, 2.75) is 77.3 Å². The van der Waals surface area contributed by atoms with Crippen molar-refractivity contribution in [3.05, 3.63) is 29.3 Å². The van der Waals surface area contributed by atoms with Gasteiger partial charge in [0.25, 0.3) is 0 Å². The summed E-state index contributed by atoms with van der Waals surface area (Å²) >= 11 is 11.6. The number of hydrogen-bond donors (Lipinski definition) is 2. The van der Waals surface area contributed by atoms with Crippen LogP contribution in [0.3, 0.4) is 0 Å². The zero-order valence-corrected chi connectivity index (χ0v) is 16.5. The summed E-state index contributed by atoms with van der Waals surface area (Å²) in [5.41, 5.74) is 4.54. The van der Waals surface area contributed by atoms with Gasteiger partial charge in [0.05, 0.1) is 5.69 Å². The molecule has 5 heteroatoms. The van der Waals surface area contributed by atoms with Crippen LogP contribution in [0.25, 0.3) is 0 Å². The average molecular weight is 368 g/mol. The lowest BCUT2D eigenvalue weighted by molar-refractivity contribution is 0.278. The lowest BCUT2D eigenvalue weighted by atomic mass is 9.97. The van der Waals surface area contributed by atoms with Crippen molar-refractivity contribution < 1.29 is 0 Å². The molecule has 0 saturated carbocycles. The average Bonchev–Trinajstić information content (AvgIpc) is 2.89. The van der Waals surface area contributed by atoms with E-state index in [1.54, 1.807) is 0 Å². The van der Waals surface area contributed by atoms with Crippen molar-refractivity contribution in [3.63, 3.8) is 0 Å². The lowest BCUT2D eigenvalue weighted by Gasteiger charge is -2.30. The summed E-state index contributed by atoms with van der Waals surface area (Å²) < 4.78 is 0. The van der Waals surface area contributed by atoms with Gasteiger partial charge in [-0.25, -0.2) is 5.43 Å². The Morgan fingerprint density at radius 2 is 1.62 bits per heavy atom. The maximum Gasteiger partial charge on any atom is 0.189 e. The van der Waals surface area contributed by atoms with Crippen molar-refractivity contribution in [2.75, 3.05) is 5.01 Å². The summed E-state index contributed by atoms with van der Waals surface area (Å²) in [6, 6.07) is 7.79. The second-order valence-corrected chi connectivity index (χ2v) is 7.53. The number of anilines is 1. The number of thiocarbonyl (C=S) groups is 1. The molecule has 0 aliphatic carbocycles. The van der Waals surface area contributed by atoms with Crippen LogP contribution in [0, 0.1) is 0 Å². The van der Waals surface area contributed by atoms with E-state index in [0.29, 0.717) is 0 Å². The molecular weight excluding hydrogens is 338 g/mol. The summed E-state index contributed by atoms with van der Waals surface area (Å²) in [5.74, 6) is 0. The molecule has 0 radical (unpaired) electrons. The maximum absolute atomic E-state index is 5.99. The molecule has 1 fully saturated rings. The van der Waals surface area contributed by atoms with Gasteiger partial charge in [0.1, 0.15) is 5.66 Å². The van der Waals surface area contributed by atoms with Crippen LogP contribution in [0.4, 0.5) is 5.69 Å². The van der Waals surface area contributed by atoms with Gasteiger partial charge < -0.3 is 5.32 Å². The van der Waals surface area contributed by atoms with Crippen LogP contribution < -0.4 is 15.8 Å². The van der Waals surface area contributed by atoms with Gasteiger partial charge >= 0.3 is 0 Å². The molecule has 0 amide bonds. The smallest absolute Gasteiger partial charge is 0.189 e. The van der Waals surface area contributed by atoms with Gasteiger partial charge in [0, 0.05) is 5.02 Å². The molecular formula is C19H30ClN3S. The van der Waals surface area contributed by atoms with Gasteiger partial charge in [-0.3, -0.25) is 5.01 Å². The van der Waals surface area contributed by atoms with Crippen LogP contribution in [0.15, 0.2) is 24.3 Å². The number of benzene rings is 1. The minimum atomic E-state index is -0.115. The summed E-state index contributed by atoms with van der Waals surface area (Å²) in [6.45, 7) is 4.48. The zero-order chi connectivity index (χ0) is 17.4. The van der Waals surface area contributed by atoms with Crippen LogP contribution in [0.2, 0.25) is 5.02 Å². The monoisotopic (exact) mass is 367 g/mol. The van der Waals surface area contributed by atoms with Gasteiger partial charge in [-0.2, -0.15) is 0 Å². The molecule has 1 heterocycles. The van der Waals surface area contributed by atoms with E-state index in [1.807, 2.05) is 29.3 Å². The first-order valence-corrected chi connectivity index (χ1v) is 10.0. The van der Waals surface area contributed by atoms with Gasteiger partial charge in [-0.05, 0) is 55.7 Å². The lowest BCUT2D eigenvalue weighted by Crippen LogP contribution is -2.51. The molecule has 1 atom stereocenters. The predicted octanol–water partition coefficient (Wildman–Crippen LogP) is 5.79.